The number of ether oxygens (including phenoxy) is 1. The van der Waals surface area contributed by atoms with Crippen molar-refractivity contribution in [1.82, 2.24) is 0 Å². The summed E-state index contributed by atoms with van der Waals surface area (Å²) in [5.41, 5.74) is 5.56. The molecule has 120 valence electrons. The fraction of sp³-hybridized carbons (Fsp3) is 0.200. The van der Waals surface area contributed by atoms with Gasteiger partial charge in [0.25, 0.3) is 0 Å². The number of halogens is 5. The molecule has 7 heteroatoms. The van der Waals surface area contributed by atoms with Crippen LogP contribution < -0.4 is 10.5 Å². The summed E-state index contributed by atoms with van der Waals surface area (Å²) < 4.78 is 43.7. The number of hydrogen-bond donors (Lipinski definition) is 1. The quantitative estimate of drug-likeness (QED) is 0.833. The molecule has 0 bridgehead atoms. The van der Waals surface area contributed by atoms with E-state index in [1.165, 1.54) is 12.1 Å². The Morgan fingerprint density at radius 2 is 1.68 bits per heavy atom. The SMILES string of the molecule is Cl.NCCc1ccc(Oc2cccc(C(F)(F)F)c2Cl)cc1. The molecule has 2 aromatic carbocycles. The molecule has 0 amide bonds. The highest BCUT2D eigenvalue weighted by Gasteiger charge is 2.34. The van der Waals surface area contributed by atoms with Crippen molar-refractivity contribution in [2.24, 2.45) is 5.73 Å². The number of rotatable bonds is 4. The van der Waals surface area contributed by atoms with Gasteiger partial charge in [0.2, 0.25) is 0 Å². The minimum Gasteiger partial charge on any atom is -0.456 e. The second-order valence-corrected chi connectivity index (χ2v) is 4.78. The topological polar surface area (TPSA) is 35.2 Å². The van der Waals surface area contributed by atoms with Crippen LogP contribution in [0.1, 0.15) is 11.1 Å². The first-order valence-corrected chi connectivity index (χ1v) is 6.62. The Morgan fingerprint density at radius 1 is 1.05 bits per heavy atom. The first-order valence-electron chi connectivity index (χ1n) is 6.24. The summed E-state index contributed by atoms with van der Waals surface area (Å²) in [4.78, 5) is 0. The van der Waals surface area contributed by atoms with Crippen LogP contribution in [-0.2, 0) is 12.6 Å². The average Bonchev–Trinajstić information content (AvgIpc) is 2.42. The maximum atomic E-state index is 12.8. The van der Waals surface area contributed by atoms with E-state index in [1.807, 2.05) is 12.1 Å². The molecule has 0 saturated heterocycles. The summed E-state index contributed by atoms with van der Waals surface area (Å²) in [6, 6.07) is 10.5. The van der Waals surface area contributed by atoms with E-state index in [4.69, 9.17) is 22.1 Å². The summed E-state index contributed by atoms with van der Waals surface area (Å²) >= 11 is 5.76. The zero-order valence-electron chi connectivity index (χ0n) is 11.4. The lowest BCUT2D eigenvalue weighted by Gasteiger charge is -2.13. The third-order valence-corrected chi connectivity index (χ3v) is 3.24. The van der Waals surface area contributed by atoms with Crippen molar-refractivity contribution in [3.05, 3.63) is 58.6 Å². The summed E-state index contributed by atoms with van der Waals surface area (Å²) in [7, 11) is 0. The molecule has 2 aromatic rings. The normalized spacial score (nSPS) is 11.0. The molecule has 0 heterocycles. The average molecular weight is 352 g/mol. The van der Waals surface area contributed by atoms with Crippen LogP contribution in [0.15, 0.2) is 42.5 Å². The van der Waals surface area contributed by atoms with Crippen LogP contribution >= 0.6 is 24.0 Å². The molecule has 0 radical (unpaired) electrons. The Bertz CT molecular complexity index is 615. The lowest BCUT2D eigenvalue weighted by Crippen LogP contribution is -2.06. The first kappa shape index (κ1) is 18.6. The fourth-order valence-electron chi connectivity index (χ4n) is 1.83. The fourth-order valence-corrected chi connectivity index (χ4v) is 2.10. The van der Waals surface area contributed by atoms with Crippen LogP contribution in [0.2, 0.25) is 5.02 Å². The Hall–Kier alpha value is -1.43. The van der Waals surface area contributed by atoms with Crippen molar-refractivity contribution in [2.75, 3.05) is 6.54 Å². The minimum atomic E-state index is -4.51. The van der Waals surface area contributed by atoms with Gasteiger partial charge in [-0.25, -0.2) is 0 Å². The lowest BCUT2D eigenvalue weighted by molar-refractivity contribution is -0.137. The Morgan fingerprint density at radius 3 is 2.23 bits per heavy atom. The van der Waals surface area contributed by atoms with Gasteiger partial charge in [0.15, 0.2) is 0 Å². The molecule has 0 atom stereocenters. The first-order chi connectivity index (χ1) is 9.91. The number of hydrogen-bond acceptors (Lipinski definition) is 2. The van der Waals surface area contributed by atoms with Crippen LogP contribution in [0.25, 0.3) is 0 Å². The van der Waals surface area contributed by atoms with Crippen LogP contribution in [-0.4, -0.2) is 6.54 Å². The van der Waals surface area contributed by atoms with Crippen LogP contribution in [0, 0.1) is 0 Å². The van der Waals surface area contributed by atoms with E-state index in [0.29, 0.717) is 12.3 Å². The van der Waals surface area contributed by atoms with Gasteiger partial charge in [0.05, 0.1) is 10.6 Å². The highest BCUT2D eigenvalue weighted by atomic mass is 35.5. The van der Waals surface area contributed by atoms with Gasteiger partial charge >= 0.3 is 6.18 Å². The van der Waals surface area contributed by atoms with Crippen LogP contribution in [0.5, 0.6) is 11.5 Å². The van der Waals surface area contributed by atoms with Crippen molar-refractivity contribution in [3.63, 3.8) is 0 Å². The van der Waals surface area contributed by atoms with Crippen molar-refractivity contribution < 1.29 is 17.9 Å². The smallest absolute Gasteiger partial charge is 0.417 e. The van der Waals surface area contributed by atoms with Crippen molar-refractivity contribution in [1.29, 1.82) is 0 Å². The predicted octanol–water partition coefficient (Wildman–Crippen LogP) is 5.07. The molecule has 0 aliphatic rings. The molecule has 0 unspecified atom stereocenters. The highest BCUT2D eigenvalue weighted by Crippen LogP contribution is 2.40. The Kier molecular flexibility index (Phi) is 6.53. The number of alkyl halides is 3. The summed E-state index contributed by atoms with van der Waals surface area (Å²) in [5.74, 6) is 0.384. The summed E-state index contributed by atoms with van der Waals surface area (Å²) in [6.45, 7) is 0.527. The Balaban J connectivity index is 0.00000242. The third-order valence-electron chi connectivity index (χ3n) is 2.85. The lowest BCUT2D eigenvalue weighted by atomic mass is 10.1. The maximum Gasteiger partial charge on any atom is 0.417 e. The second-order valence-electron chi connectivity index (χ2n) is 4.40. The van der Waals surface area contributed by atoms with Gasteiger partial charge in [-0.15, -0.1) is 12.4 Å². The maximum absolute atomic E-state index is 12.8. The third kappa shape index (κ3) is 4.53. The van der Waals surface area contributed by atoms with E-state index < -0.39 is 16.8 Å². The van der Waals surface area contributed by atoms with Crippen molar-refractivity contribution in [2.45, 2.75) is 12.6 Å². The van der Waals surface area contributed by atoms with Gasteiger partial charge in [-0.2, -0.15) is 13.2 Å². The van der Waals surface area contributed by atoms with E-state index in [-0.39, 0.29) is 18.2 Å². The number of nitrogens with two attached hydrogens (primary N) is 1. The van der Waals surface area contributed by atoms with Gasteiger partial charge in [-0.1, -0.05) is 29.8 Å². The highest BCUT2D eigenvalue weighted by molar-refractivity contribution is 6.32. The predicted molar refractivity (Wildman–Crippen MR) is 83.0 cm³/mol. The summed E-state index contributed by atoms with van der Waals surface area (Å²) in [5, 5.41) is -0.448. The van der Waals surface area contributed by atoms with Crippen LogP contribution in [0.3, 0.4) is 0 Å². The molecule has 0 fully saturated rings. The summed E-state index contributed by atoms with van der Waals surface area (Å²) in [6.07, 6.45) is -3.79. The van der Waals surface area contributed by atoms with Gasteiger partial charge in [0, 0.05) is 0 Å². The second kappa shape index (κ2) is 7.72. The molecule has 0 aliphatic carbocycles. The van der Waals surface area contributed by atoms with Gasteiger partial charge in [-0.3, -0.25) is 0 Å². The minimum absolute atomic E-state index is 0. The van der Waals surface area contributed by atoms with E-state index in [1.54, 1.807) is 12.1 Å². The van der Waals surface area contributed by atoms with Crippen molar-refractivity contribution >= 4 is 24.0 Å². The molecule has 0 spiro atoms. The van der Waals surface area contributed by atoms with E-state index >= 15 is 0 Å². The number of benzene rings is 2. The molecule has 2 nitrogen and oxygen atoms in total. The van der Waals surface area contributed by atoms with Gasteiger partial charge in [-0.05, 0) is 42.8 Å². The molecule has 22 heavy (non-hydrogen) atoms. The largest absolute Gasteiger partial charge is 0.456 e. The molecular weight excluding hydrogens is 338 g/mol. The van der Waals surface area contributed by atoms with E-state index in [2.05, 4.69) is 0 Å². The molecular formula is C15H14Cl2F3NO. The van der Waals surface area contributed by atoms with Gasteiger partial charge in [0.1, 0.15) is 11.5 Å². The van der Waals surface area contributed by atoms with E-state index in [9.17, 15) is 13.2 Å². The zero-order valence-corrected chi connectivity index (χ0v) is 12.9. The molecule has 0 saturated carbocycles. The Labute approximate surface area is 137 Å². The van der Waals surface area contributed by atoms with E-state index in [0.717, 1.165) is 18.1 Å². The molecule has 0 aliphatic heterocycles. The van der Waals surface area contributed by atoms with Crippen molar-refractivity contribution in [3.8, 4) is 11.5 Å². The molecule has 0 aromatic heterocycles. The zero-order chi connectivity index (χ0) is 15.5. The monoisotopic (exact) mass is 351 g/mol. The standard InChI is InChI=1S/C15H13ClF3NO.ClH/c16-14-12(15(17,18)19)2-1-3-13(14)21-11-6-4-10(5-7-11)8-9-20;/h1-7H,8-9,20H2;1H. The molecule has 2 N–H and O–H groups in total. The van der Waals surface area contributed by atoms with Crippen LogP contribution in [0.4, 0.5) is 13.2 Å². The molecule has 2 rings (SSSR count). The van der Waals surface area contributed by atoms with Gasteiger partial charge < -0.3 is 10.5 Å².